The van der Waals surface area contributed by atoms with E-state index >= 15 is 0 Å². The third-order valence-electron chi connectivity index (χ3n) is 5.94. The highest BCUT2D eigenvalue weighted by Crippen LogP contribution is 2.46. The van der Waals surface area contributed by atoms with Crippen LogP contribution in [0.5, 0.6) is 17.2 Å². The van der Waals surface area contributed by atoms with E-state index in [2.05, 4.69) is 5.32 Å². The van der Waals surface area contributed by atoms with Crippen molar-refractivity contribution in [2.75, 3.05) is 28.4 Å². The summed E-state index contributed by atoms with van der Waals surface area (Å²) in [5, 5.41) is 5.00. The Balaban J connectivity index is 1.77. The van der Waals surface area contributed by atoms with Gasteiger partial charge in [-0.15, -0.1) is 11.3 Å². The molecule has 0 fully saturated rings. The van der Waals surface area contributed by atoms with Crippen LogP contribution in [-0.4, -0.2) is 45.1 Å². The number of nitrogens with one attached hydrogen (secondary N) is 1. The zero-order chi connectivity index (χ0) is 23.5. The summed E-state index contributed by atoms with van der Waals surface area (Å²) in [7, 11) is 6.39. The molecule has 4 rings (SSSR count). The van der Waals surface area contributed by atoms with Crippen molar-refractivity contribution in [2.45, 2.75) is 18.5 Å². The summed E-state index contributed by atoms with van der Waals surface area (Å²) in [6.45, 7) is 0.302. The quantitative estimate of drug-likeness (QED) is 0.570. The molecule has 1 aromatic heterocycles. The number of thiophene rings is 1. The Morgan fingerprint density at radius 1 is 1.00 bits per heavy atom. The second-order valence-electron chi connectivity index (χ2n) is 7.68. The van der Waals surface area contributed by atoms with Crippen molar-refractivity contribution in [1.29, 1.82) is 0 Å². The van der Waals surface area contributed by atoms with Gasteiger partial charge in [0.2, 0.25) is 5.91 Å². The molecule has 0 saturated carbocycles. The van der Waals surface area contributed by atoms with Crippen molar-refractivity contribution in [3.05, 3.63) is 75.5 Å². The maximum Gasteiger partial charge on any atom is 0.254 e. The highest BCUT2D eigenvalue weighted by molar-refractivity contribution is 7.10. The predicted molar refractivity (Wildman–Crippen MR) is 126 cm³/mol. The van der Waals surface area contributed by atoms with E-state index in [0.29, 0.717) is 34.9 Å². The molecule has 0 aliphatic carbocycles. The fourth-order valence-corrected chi connectivity index (χ4v) is 5.19. The van der Waals surface area contributed by atoms with Crippen LogP contribution in [0.2, 0.25) is 0 Å². The molecular formula is C25H26N2O5S. The molecule has 7 nitrogen and oxygen atoms in total. The van der Waals surface area contributed by atoms with Gasteiger partial charge in [0.25, 0.3) is 5.91 Å². The fraction of sp³-hybridized carbons (Fsp3) is 0.280. The number of carbonyl (C=O) groups is 2. The monoisotopic (exact) mass is 466 g/mol. The minimum atomic E-state index is -0.629. The maximum atomic E-state index is 13.7. The Kier molecular flexibility index (Phi) is 6.55. The number of methoxy groups -OCH3 is 3. The van der Waals surface area contributed by atoms with Crippen LogP contribution in [0.15, 0.2) is 53.9 Å². The molecule has 2 heterocycles. The molecule has 1 N–H and O–H groups in total. The third kappa shape index (κ3) is 4.14. The van der Waals surface area contributed by atoms with E-state index < -0.39 is 12.0 Å². The molecule has 0 unspecified atom stereocenters. The molecule has 0 saturated heterocycles. The number of likely N-dealkylation sites (N-methyl/N-ethyl adjacent to an activating group) is 1. The number of benzene rings is 2. The Labute approximate surface area is 196 Å². The van der Waals surface area contributed by atoms with E-state index in [4.69, 9.17) is 14.2 Å². The summed E-state index contributed by atoms with van der Waals surface area (Å²) >= 11 is 1.52. The van der Waals surface area contributed by atoms with Crippen LogP contribution >= 0.6 is 11.3 Å². The van der Waals surface area contributed by atoms with Crippen molar-refractivity contribution >= 4 is 23.2 Å². The second-order valence-corrected chi connectivity index (χ2v) is 8.66. The molecule has 0 bridgehead atoms. The van der Waals surface area contributed by atoms with Gasteiger partial charge in [0, 0.05) is 29.6 Å². The molecule has 172 valence electrons. The molecule has 8 heteroatoms. The van der Waals surface area contributed by atoms with Crippen LogP contribution in [0.3, 0.4) is 0 Å². The van der Waals surface area contributed by atoms with Crippen LogP contribution < -0.4 is 19.5 Å². The average molecular weight is 467 g/mol. The average Bonchev–Trinajstić information content (AvgIpc) is 3.38. The Morgan fingerprint density at radius 2 is 1.70 bits per heavy atom. The molecular weight excluding hydrogens is 440 g/mol. The van der Waals surface area contributed by atoms with Gasteiger partial charge in [-0.1, -0.05) is 24.3 Å². The standard InChI is InChI=1S/C25H26N2O5S/c1-27-23(21-10-7-11-33-21)22(24(28)26-14-15-8-5-6-9-18(15)30-2)16-12-19(31-3)20(32-4)13-17(16)25(27)29/h5-13,22-23H,14H2,1-4H3,(H,26,28)/t22-,23-/m1/s1. The highest BCUT2D eigenvalue weighted by Gasteiger charge is 2.44. The molecule has 0 radical (unpaired) electrons. The normalized spacial score (nSPS) is 17.3. The summed E-state index contributed by atoms with van der Waals surface area (Å²) < 4.78 is 16.3. The molecule has 33 heavy (non-hydrogen) atoms. The van der Waals surface area contributed by atoms with Crippen molar-refractivity contribution in [3.8, 4) is 17.2 Å². The number of para-hydroxylation sites is 1. The minimum Gasteiger partial charge on any atom is -0.496 e. The molecule has 1 aliphatic rings. The number of amides is 2. The van der Waals surface area contributed by atoms with Crippen LogP contribution in [0.1, 0.15) is 38.3 Å². The van der Waals surface area contributed by atoms with E-state index in [9.17, 15) is 9.59 Å². The number of hydrogen-bond acceptors (Lipinski definition) is 6. The van der Waals surface area contributed by atoms with Crippen LogP contribution in [0.4, 0.5) is 0 Å². The predicted octanol–water partition coefficient (Wildman–Crippen LogP) is 4.00. The lowest BCUT2D eigenvalue weighted by molar-refractivity contribution is -0.124. The zero-order valence-corrected chi connectivity index (χ0v) is 19.8. The molecule has 2 aromatic carbocycles. The van der Waals surface area contributed by atoms with E-state index in [1.807, 2.05) is 41.8 Å². The first-order valence-electron chi connectivity index (χ1n) is 10.5. The van der Waals surface area contributed by atoms with E-state index in [1.54, 1.807) is 31.2 Å². The number of nitrogens with zero attached hydrogens (tertiary/aromatic N) is 1. The molecule has 0 spiro atoms. The van der Waals surface area contributed by atoms with Gasteiger partial charge in [0.15, 0.2) is 11.5 Å². The Bertz CT molecular complexity index is 1160. The summed E-state index contributed by atoms with van der Waals surface area (Å²) in [6, 6.07) is 14.4. The number of rotatable bonds is 7. The first-order chi connectivity index (χ1) is 16.0. The van der Waals surface area contributed by atoms with Crippen molar-refractivity contribution < 1.29 is 23.8 Å². The largest absolute Gasteiger partial charge is 0.496 e. The van der Waals surface area contributed by atoms with Crippen molar-refractivity contribution in [3.63, 3.8) is 0 Å². The lowest BCUT2D eigenvalue weighted by Gasteiger charge is -2.39. The minimum absolute atomic E-state index is 0.168. The lowest BCUT2D eigenvalue weighted by Crippen LogP contribution is -2.45. The molecule has 1 aliphatic heterocycles. The van der Waals surface area contributed by atoms with E-state index in [0.717, 1.165) is 10.4 Å². The Morgan fingerprint density at radius 3 is 2.36 bits per heavy atom. The number of carbonyl (C=O) groups excluding carboxylic acids is 2. The van der Waals surface area contributed by atoms with Gasteiger partial charge in [-0.3, -0.25) is 9.59 Å². The summed E-state index contributed by atoms with van der Waals surface area (Å²) in [6.07, 6.45) is 0. The molecule has 3 aromatic rings. The topological polar surface area (TPSA) is 77.1 Å². The zero-order valence-electron chi connectivity index (χ0n) is 19.0. The van der Waals surface area contributed by atoms with Gasteiger partial charge in [-0.25, -0.2) is 0 Å². The van der Waals surface area contributed by atoms with E-state index in [1.165, 1.54) is 25.6 Å². The van der Waals surface area contributed by atoms with Crippen LogP contribution in [-0.2, 0) is 11.3 Å². The van der Waals surface area contributed by atoms with Crippen LogP contribution in [0, 0.1) is 0 Å². The third-order valence-corrected chi connectivity index (χ3v) is 6.88. The van der Waals surface area contributed by atoms with E-state index in [-0.39, 0.29) is 11.8 Å². The maximum absolute atomic E-state index is 13.7. The van der Waals surface area contributed by atoms with Crippen molar-refractivity contribution in [1.82, 2.24) is 10.2 Å². The molecule has 2 atom stereocenters. The van der Waals surface area contributed by atoms with Gasteiger partial charge in [-0.2, -0.15) is 0 Å². The summed E-state index contributed by atoms with van der Waals surface area (Å²) in [5.41, 5.74) is 1.92. The number of fused-ring (bicyclic) bond motifs is 1. The number of hydrogen-bond donors (Lipinski definition) is 1. The summed E-state index contributed by atoms with van der Waals surface area (Å²) in [5.74, 6) is 0.637. The first kappa shape index (κ1) is 22.7. The molecule has 2 amide bonds. The van der Waals surface area contributed by atoms with Crippen LogP contribution in [0.25, 0.3) is 0 Å². The van der Waals surface area contributed by atoms with Gasteiger partial charge in [-0.05, 0) is 35.2 Å². The highest BCUT2D eigenvalue weighted by atomic mass is 32.1. The fourth-order valence-electron chi connectivity index (χ4n) is 4.29. The first-order valence-corrected chi connectivity index (χ1v) is 11.3. The van der Waals surface area contributed by atoms with Gasteiger partial charge in [0.1, 0.15) is 5.75 Å². The van der Waals surface area contributed by atoms with Gasteiger partial charge < -0.3 is 24.4 Å². The second kappa shape index (κ2) is 9.54. The smallest absolute Gasteiger partial charge is 0.254 e. The summed E-state index contributed by atoms with van der Waals surface area (Å²) in [4.78, 5) is 29.6. The van der Waals surface area contributed by atoms with Gasteiger partial charge in [0.05, 0.1) is 33.3 Å². The SMILES string of the molecule is COc1ccccc1CNC(=O)[C@@H]1c2cc(OC)c(OC)cc2C(=O)N(C)[C@@H]1c1cccs1. The number of ether oxygens (including phenoxy) is 3. The van der Waals surface area contributed by atoms with Crippen molar-refractivity contribution in [2.24, 2.45) is 0 Å². The lowest BCUT2D eigenvalue weighted by atomic mass is 9.81. The van der Waals surface area contributed by atoms with Gasteiger partial charge >= 0.3 is 0 Å². The Hall–Kier alpha value is -3.52.